The van der Waals surface area contributed by atoms with Gasteiger partial charge in [0.1, 0.15) is 0 Å². The van der Waals surface area contributed by atoms with Gasteiger partial charge in [0.25, 0.3) is 0 Å². The van der Waals surface area contributed by atoms with Gasteiger partial charge in [-0.1, -0.05) is 20.8 Å². The Hall–Kier alpha value is -1.91. The van der Waals surface area contributed by atoms with Crippen molar-refractivity contribution in [2.24, 2.45) is 5.41 Å². The molecular weight excluding hydrogens is 244 g/mol. The molecule has 5 nitrogen and oxygen atoms in total. The lowest BCUT2D eigenvalue weighted by Gasteiger charge is -2.29. The molecule has 0 radical (unpaired) electrons. The van der Waals surface area contributed by atoms with Gasteiger partial charge in [-0.3, -0.25) is 14.6 Å². The van der Waals surface area contributed by atoms with Crippen molar-refractivity contribution >= 4 is 11.9 Å². The lowest BCUT2D eigenvalue weighted by atomic mass is 9.94. The average Bonchev–Trinajstić information content (AvgIpc) is 2.33. The molecular formula is C14H20N2O3. The van der Waals surface area contributed by atoms with E-state index in [0.717, 1.165) is 5.56 Å². The molecule has 0 saturated carbocycles. The van der Waals surface area contributed by atoms with Crippen LogP contribution in [0, 0.1) is 5.41 Å². The van der Waals surface area contributed by atoms with Crippen LogP contribution in [0.15, 0.2) is 24.5 Å². The predicted molar refractivity (Wildman–Crippen MR) is 71.4 cm³/mol. The summed E-state index contributed by atoms with van der Waals surface area (Å²) >= 11 is 0. The van der Waals surface area contributed by atoms with Gasteiger partial charge in [0.15, 0.2) is 0 Å². The minimum atomic E-state index is -0.901. The van der Waals surface area contributed by atoms with Gasteiger partial charge in [-0.15, -0.1) is 0 Å². The van der Waals surface area contributed by atoms with E-state index in [1.807, 2.05) is 32.9 Å². The van der Waals surface area contributed by atoms with Crippen molar-refractivity contribution in [2.75, 3.05) is 6.54 Å². The van der Waals surface area contributed by atoms with Gasteiger partial charge in [-0.25, -0.2) is 0 Å². The highest BCUT2D eigenvalue weighted by molar-refractivity contribution is 5.82. The standard InChI is InChI=1S/C14H20N2O3/c1-14(2,3)13(19)16(9-6-12(17)18)10-11-4-7-15-8-5-11/h4-5,7-8H,6,9-10H2,1-3H3,(H,17,18). The fourth-order valence-corrected chi connectivity index (χ4v) is 1.67. The van der Waals surface area contributed by atoms with E-state index in [9.17, 15) is 9.59 Å². The Morgan fingerprint density at radius 2 is 1.84 bits per heavy atom. The van der Waals surface area contributed by atoms with E-state index in [1.165, 1.54) is 0 Å². The molecule has 1 amide bonds. The zero-order valence-corrected chi connectivity index (χ0v) is 11.6. The molecule has 104 valence electrons. The highest BCUT2D eigenvalue weighted by Gasteiger charge is 2.27. The zero-order valence-electron chi connectivity index (χ0n) is 11.6. The van der Waals surface area contributed by atoms with Crippen molar-refractivity contribution in [1.29, 1.82) is 0 Å². The molecule has 0 aliphatic rings. The maximum atomic E-state index is 12.3. The van der Waals surface area contributed by atoms with Crippen LogP contribution in [0.1, 0.15) is 32.8 Å². The Morgan fingerprint density at radius 1 is 1.26 bits per heavy atom. The van der Waals surface area contributed by atoms with Crippen molar-refractivity contribution in [2.45, 2.75) is 33.7 Å². The molecule has 19 heavy (non-hydrogen) atoms. The Labute approximate surface area is 113 Å². The van der Waals surface area contributed by atoms with Gasteiger partial charge in [0, 0.05) is 30.9 Å². The molecule has 1 aromatic heterocycles. The highest BCUT2D eigenvalue weighted by atomic mass is 16.4. The second-order valence-electron chi connectivity index (χ2n) is 5.48. The number of carboxylic acid groups (broad SMARTS) is 1. The maximum absolute atomic E-state index is 12.3. The monoisotopic (exact) mass is 264 g/mol. The number of pyridine rings is 1. The fraction of sp³-hybridized carbons (Fsp3) is 0.500. The molecule has 1 aromatic rings. The Bertz CT molecular complexity index is 438. The molecule has 0 aliphatic carbocycles. The van der Waals surface area contributed by atoms with Crippen LogP contribution in [0.3, 0.4) is 0 Å². The number of aliphatic carboxylic acids is 1. The lowest BCUT2D eigenvalue weighted by Crippen LogP contribution is -2.40. The van der Waals surface area contributed by atoms with Gasteiger partial charge in [-0.2, -0.15) is 0 Å². The number of rotatable bonds is 5. The number of carboxylic acids is 1. The van der Waals surface area contributed by atoms with Crippen LogP contribution < -0.4 is 0 Å². The molecule has 0 atom stereocenters. The molecule has 0 aromatic carbocycles. The maximum Gasteiger partial charge on any atom is 0.305 e. The average molecular weight is 264 g/mol. The second kappa shape index (κ2) is 6.31. The van der Waals surface area contributed by atoms with Crippen molar-refractivity contribution in [3.8, 4) is 0 Å². The molecule has 1 rings (SSSR count). The van der Waals surface area contributed by atoms with Gasteiger partial charge >= 0.3 is 5.97 Å². The lowest BCUT2D eigenvalue weighted by molar-refractivity contribution is -0.142. The summed E-state index contributed by atoms with van der Waals surface area (Å²) in [6, 6.07) is 3.65. The number of nitrogens with zero attached hydrogens (tertiary/aromatic N) is 2. The van der Waals surface area contributed by atoms with Crippen molar-refractivity contribution < 1.29 is 14.7 Å². The van der Waals surface area contributed by atoms with Crippen LogP contribution in [0.2, 0.25) is 0 Å². The van der Waals surface area contributed by atoms with Gasteiger partial charge in [0.2, 0.25) is 5.91 Å². The van der Waals surface area contributed by atoms with Gasteiger partial charge in [0.05, 0.1) is 6.42 Å². The van der Waals surface area contributed by atoms with E-state index in [2.05, 4.69) is 4.98 Å². The quantitative estimate of drug-likeness (QED) is 0.882. The van der Waals surface area contributed by atoms with Gasteiger partial charge in [-0.05, 0) is 17.7 Å². The Kier molecular flexibility index (Phi) is 5.03. The fourth-order valence-electron chi connectivity index (χ4n) is 1.67. The molecule has 0 unspecified atom stereocenters. The minimum Gasteiger partial charge on any atom is -0.481 e. The number of aromatic nitrogens is 1. The van der Waals surface area contributed by atoms with E-state index in [1.54, 1.807) is 17.3 Å². The van der Waals surface area contributed by atoms with Crippen LogP contribution >= 0.6 is 0 Å². The largest absolute Gasteiger partial charge is 0.481 e. The van der Waals surface area contributed by atoms with Crippen molar-refractivity contribution in [3.05, 3.63) is 30.1 Å². The third kappa shape index (κ3) is 5.07. The first kappa shape index (κ1) is 15.1. The van der Waals surface area contributed by atoms with Crippen molar-refractivity contribution in [3.63, 3.8) is 0 Å². The summed E-state index contributed by atoms with van der Waals surface area (Å²) in [5.41, 5.74) is 0.420. The van der Waals surface area contributed by atoms with E-state index >= 15 is 0 Å². The van der Waals surface area contributed by atoms with E-state index in [4.69, 9.17) is 5.11 Å². The van der Waals surface area contributed by atoms with E-state index in [0.29, 0.717) is 6.54 Å². The smallest absolute Gasteiger partial charge is 0.305 e. The third-order valence-electron chi connectivity index (χ3n) is 2.65. The molecule has 1 heterocycles. The molecule has 0 fully saturated rings. The minimum absolute atomic E-state index is 0.0487. The number of hydrogen-bond donors (Lipinski definition) is 1. The zero-order chi connectivity index (χ0) is 14.5. The van der Waals surface area contributed by atoms with Crippen LogP contribution in [0.4, 0.5) is 0 Å². The highest BCUT2D eigenvalue weighted by Crippen LogP contribution is 2.19. The number of hydrogen-bond acceptors (Lipinski definition) is 3. The molecule has 0 saturated heterocycles. The van der Waals surface area contributed by atoms with Crippen LogP contribution in [-0.4, -0.2) is 33.4 Å². The van der Waals surface area contributed by atoms with Gasteiger partial charge < -0.3 is 10.0 Å². The topological polar surface area (TPSA) is 70.5 Å². The summed E-state index contributed by atoms with van der Waals surface area (Å²) in [5.74, 6) is -0.952. The summed E-state index contributed by atoms with van der Waals surface area (Å²) in [6.07, 6.45) is 3.27. The molecule has 1 N–H and O–H groups in total. The van der Waals surface area contributed by atoms with Crippen LogP contribution in [0.25, 0.3) is 0 Å². The molecule has 5 heteroatoms. The van der Waals surface area contributed by atoms with Crippen molar-refractivity contribution in [1.82, 2.24) is 9.88 Å². The first-order valence-electron chi connectivity index (χ1n) is 6.21. The molecule has 0 bridgehead atoms. The SMILES string of the molecule is CC(C)(C)C(=O)N(CCC(=O)O)Cc1ccncc1. The predicted octanol–water partition coefficient (Wildman–Crippen LogP) is 1.93. The summed E-state index contributed by atoms with van der Waals surface area (Å²) in [6.45, 7) is 6.11. The van der Waals surface area contributed by atoms with E-state index in [-0.39, 0.29) is 18.9 Å². The first-order chi connectivity index (χ1) is 8.80. The summed E-state index contributed by atoms with van der Waals surface area (Å²) < 4.78 is 0. The van der Waals surface area contributed by atoms with Crippen LogP contribution in [0.5, 0.6) is 0 Å². The Balaban J connectivity index is 2.80. The third-order valence-corrected chi connectivity index (χ3v) is 2.65. The summed E-state index contributed by atoms with van der Waals surface area (Å²) in [7, 11) is 0. The Morgan fingerprint density at radius 3 is 2.32 bits per heavy atom. The summed E-state index contributed by atoms with van der Waals surface area (Å²) in [4.78, 5) is 28.5. The molecule has 0 spiro atoms. The number of carbonyl (C=O) groups excluding carboxylic acids is 1. The van der Waals surface area contributed by atoms with E-state index < -0.39 is 11.4 Å². The van der Waals surface area contributed by atoms with Crippen LogP contribution in [-0.2, 0) is 16.1 Å². The normalized spacial score (nSPS) is 11.1. The number of amides is 1. The second-order valence-corrected chi connectivity index (χ2v) is 5.48. The summed E-state index contributed by atoms with van der Waals surface area (Å²) in [5, 5.41) is 8.77. The number of carbonyl (C=O) groups is 2. The molecule has 0 aliphatic heterocycles. The first-order valence-corrected chi connectivity index (χ1v) is 6.21.